The van der Waals surface area contributed by atoms with Gasteiger partial charge in [0, 0.05) is 5.57 Å². The van der Waals surface area contributed by atoms with Gasteiger partial charge in [-0.05, 0) is 39.5 Å². The normalized spacial score (nSPS) is 24.9. The van der Waals surface area contributed by atoms with Crippen LogP contribution in [0.4, 0.5) is 0 Å². The summed E-state index contributed by atoms with van der Waals surface area (Å²) in [5.74, 6) is -0.311. The topological polar surface area (TPSA) is 44.8 Å². The maximum Gasteiger partial charge on any atom is 0.333 e. The lowest BCUT2D eigenvalue weighted by Crippen LogP contribution is -2.25. The van der Waals surface area contributed by atoms with Crippen LogP contribution >= 0.6 is 0 Å². The average Bonchev–Trinajstić information content (AvgIpc) is 2.68. The molecule has 2 atom stereocenters. The van der Waals surface area contributed by atoms with Gasteiger partial charge in [-0.15, -0.1) is 0 Å². The van der Waals surface area contributed by atoms with Gasteiger partial charge in [0.15, 0.2) is 5.79 Å². The predicted molar refractivity (Wildman–Crippen MR) is 69.1 cm³/mol. The van der Waals surface area contributed by atoms with E-state index in [0.29, 0.717) is 18.1 Å². The minimum absolute atomic E-state index is 0.145. The Morgan fingerprint density at radius 1 is 1.56 bits per heavy atom. The highest BCUT2D eigenvalue weighted by molar-refractivity contribution is 5.87. The van der Waals surface area contributed by atoms with Crippen LogP contribution in [-0.2, 0) is 19.0 Å². The number of hydrogen-bond acceptors (Lipinski definition) is 4. The molecule has 1 fully saturated rings. The Labute approximate surface area is 109 Å². The smallest absolute Gasteiger partial charge is 0.333 e. The number of allylic oxidation sites excluding steroid dienone is 1. The number of ether oxygens (including phenoxy) is 3. The van der Waals surface area contributed by atoms with Gasteiger partial charge in [-0.3, -0.25) is 0 Å². The van der Waals surface area contributed by atoms with Crippen LogP contribution in [0, 0.1) is 5.92 Å². The number of carbonyl (C=O) groups is 1. The molecule has 0 amide bonds. The summed E-state index contributed by atoms with van der Waals surface area (Å²) in [5, 5.41) is 0. The van der Waals surface area contributed by atoms with Gasteiger partial charge in [0.2, 0.25) is 0 Å². The first-order valence-corrected chi connectivity index (χ1v) is 6.42. The van der Waals surface area contributed by atoms with Crippen LogP contribution < -0.4 is 0 Å². The summed E-state index contributed by atoms with van der Waals surface area (Å²) in [7, 11) is 1.40. The Bertz CT molecular complexity index is 320. The molecule has 1 aliphatic heterocycles. The van der Waals surface area contributed by atoms with Crippen LogP contribution in [-0.4, -0.2) is 31.6 Å². The molecule has 0 unspecified atom stereocenters. The van der Waals surface area contributed by atoms with Crippen molar-refractivity contribution in [3.05, 3.63) is 11.6 Å². The quantitative estimate of drug-likeness (QED) is 0.560. The minimum Gasteiger partial charge on any atom is -0.466 e. The van der Waals surface area contributed by atoms with Gasteiger partial charge in [0.1, 0.15) is 0 Å². The van der Waals surface area contributed by atoms with E-state index < -0.39 is 5.79 Å². The molecule has 0 spiro atoms. The molecule has 18 heavy (non-hydrogen) atoms. The van der Waals surface area contributed by atoms with E-state index in [0.717, 1.165) is 12.8 Å². The average molecular weight is 256 g/mol. The maximum absolute atomic E-state index is 11.2. The van der Waals surface area contributed by atoms with E-state index in [9.17, 15) is 4.79 Å². The minimum atomic E-state index is -0.462. The first kappa shape index (κ1) is 15.2. The zero-order valence-electron chi connectivity index (χ0n) is 12.0. The zero-order valence-corrected chi connectivity index (χ0v) is 12.0. The van der Waals surface area contributed by atoms with Crippen molar-refractivity contribution < 1.29 is 19.0 Å². The second kappa shape index (κ2) is 6.34. The zero-order chi connectivity index (χ0) is 13.8. The molecule has 104 valence electrons. The monoisotopic (exact) mass is 256 g/mol. The van der Waals surface area contributed by atoms with Crippen molar-refractivity contribution in [1.29, 1.82) is 0 Å². The summed E-state index contributed by atoms with van der Waals surface area (Å²) in [4.78, 5) is 11.2. The second-order valence-corrected chi connectivity index (χ2v) is 5.30. The molecule has 0 N–H and O–H groups in total. The number of carbonyl (C=O) groups excluding carboxylic acids is 1. The lowest BCUT2D eigenvalue weighted by molar-refractivity contribution is -0.143. The van der Waals surface area contributed by atoms with Crippen molar-refractivity contribution >= 4 is 5.97 Å². The van der Waals surface area contributed by atoms with Crippen molar-refractivity contribution in [2.45, 2.75) is 52.4 Å². The van der Waals surface area contributed by atoms with Gasteiger partial charge in [-0.25, -0.2) is 4.79 Å². The van der Waals surface area contributed by atoms with Crippen LogP contribution in [0.2, 0.25) is 0 Å². The highest BCUT2D eigenvalue weighted by Crippen LogP contribution is 2.28. The Balaban J connectivity index is 2.34. The van der Waals surface area contributed by atoms with Gasteiger partial charge in [0.25, 0.3) is 0 Å². The predicted octanol–water partition coefficient (Wildman–Crippen LogP) is 2.67. The standard InChI is InChI=1S/C14H24O4/c1-10(12-9-17-14(3,4)18-12)7-6-8-11(2)13(15)16-5/h8,10,12H,6-7,9H2,1-5H3/b11-8+/t10-,12+/m0/s1. The van der Waals surface area contributed by atoms with Crippen LogP contribution in [0.15, 0.2) is 11.6 Å². The third-order valence-corrected chi connectivity index (χ3v) is 3.24. The van der Waals surface area contributed by atoms with Crippen molar-refractivity contribution in [1.82, 2.24) is 0 Å². The van der Waals surface area contributed by atoms with Crippen LogP contribution in [0.25, 0.3) is 0 Å². The molecular formula is C14H24O4. The third-order valence-electron chi connectivity index (χ3n) is 3.24. The van der Waals surface area contributed by atoms with Crippen molar-refractivity contribution in [3.63, 3.8) is 0 Å². The van der Waals surface area contributed by atoms with E-state index in [2.05, 4.69) is 11.7 Å². The summed E-state index contributed by atoms with van der Waals surface area (Å²) >= 11 is 0. The Kier molecular flexibility index (Phi) is 5.35. The second-order valence-electron chi connectivity index (χ2n) is 5.30. The molecular weight excluding hydrogens is 232 g/mol. The summed E-state index contributed by atoms with van der Waals surface area (Å²) in [6.45, 7) is 8.43. The molecule has 4 nitrogen and oxygen atoms in total. The number of rotatable bonds is 5. The highest BCUT2D eigenvalue weighted by Gasteiger charge is 2.35. The fraction of sp³-hybridized carbons (Fsp3) is 0.786. The fourth-order valence-electron chi connectivity index (χ4n) is 1.99. The highest BCUT2D eigenvalue weighted by atomic mass is 16.7. The molecule has 1 heterocycles. The van der Waals surface area contributed by atoms with E-state index in [1.54, 1.807) is 6.92 Å². The number of hydrogen-bond donors (Lipinski definition) is 0. The molecule has 0 radical (unpaired) electrons. The lowest BCUT2D eigenvalue weighted by atomic mass is 9.99. The van der Waals surface area contributed by atoms with E-state index in [1.165, 1.54) is 7.11 Å². The molecule has 0 aromatic heterocycles. The van der Waals surface area contributed by atoms with Gasteiger partial charge in [-0.1, -0.05) is 13.0 Å². The molecule has 0 aliphatic carbocycles. The lowest BCUT2D eigenvalue weighted by Gasteiger charge is -2.20. The third kappa shape index (κ3) is 4.42. The maximum atomic E-state index is 11.2. The molecule has 0 bridgehead atoms. The summed E-state index contributed by atoms with van der Waals surface area (Å²) in [6.07, 6.45) is 3.89. The largest absolute Gasteiger partial charge is 0.466 e. The van der Waals surface area contributed by atoms with E-state index >= 15 is 0 Å². The molecule has 1 aliphatic rings. The van der Waals surface area contributed by atoms with E-state index in [1.807, 2.05) is 19.9 Å². The van der Waals surface area contributed by atoms with E-state index in [4.69, 9.17) is 9.47 Å². The molecule has 0 aromatic rings. The molecule has 4 heteroatoms. The van der Waals surface area contributed by atoms with Crippen LogP contribution in [0.3, 0.4) is 0 Å². The van der Waals surface area contributed by atoms with Gasteiger partial charge in [0.05, 0.1) is 19.8 Å². The van der Waals surface area contributed by atoms with Gasteiger partial charge >= 0.3 is 5.97 Å². The summed E-state index contributed by atoms with van der Waals surface area (Å²) in [6, 6.07) is 0. The Morgan fingerprint density at radius 3 is 2.72 bits per heavy atom. The number of esters is 1. The van der Waals surface area contributed by atoms with Crippen molar-refractivity contribution in [3.8, 4) is 0 Å². The molecule has 0 aromatic carbocycles. The SMILES string of the molecule is COC(=O)/C(C)=C/CC[C@H](C)[C@H]1COC(C)(C)O1. The van der Waals surface area contributed by atoms with Crippen LogP contribution in [0.1, 0.15) is 40.5 Å². The number of methoxy groups -OCH3 is 1. The van der Waals surface area contributed by atoms with Crippen molar-refractivity contribution in [2.24, 2.45) is 5.92 Å². The van der Waals surface area contributed by atoms with Crippen LogP contribution in [0.5, 0.6) is 0 Å². The first-order valence-electron chi connectivity index (χ1n) is 6.42. The summed E-state index contributed by atoms with van der Waals surface area (Å²) < 4.78 is 16.0. The molecule has 1 saturated heterocycles. The Hall–Kier alpha value is -0.870. The van der Waals surface area contributed by atoms with E-state index in [-0.39, 0.29) is 12.1 Å². The van der Waals surface area contributed by atoms with Crippen molar-refractivity contribution in [2.75, 3.05) is 13.7 Å². The fourth-order valence-corrected chi connectivity index (χ4v) is 1.99. The molecule has 1 rings (SSSR count). The molecule has 0 saturated carbocycles. The first-order chi connectivity index (χ1) is 8.35. The summed E-state index contributed by atoms with van der Waals surface area (Å²) in [5.41, 5.74) is 0.661. The van der Waals surface area contributed by atoms with Gasteiger partial charge < -0.3 is 14.2 Å². The Morgan fingerprint density at radius 2 is 2.22 bits per heavy atom. The van der Waals surface area contributed by atoms with Gasteiger partial charge in [-0.2, -0.15) is 0 Å².